The van der Waals surface area contributed by atoms with E-state index in [4.69, 9.17) is 10.5 Å². The lowest BCUT2D eigenvalue weighted by Gasteiger charge is -2.29. The number of nitrogens with two attached hydrogens (primary N) is 1. The van der Waals surface area contributed by atoms with Gasteiger partial charge in [0.05, 0.1) is 12.8 Å². The Hall–Kier alpha value is -2.56. The highest BCUT2D eigenvalue weighted by molar-refractivity contribution is 6.08. The van der Waals surface area contributed by atoms with E-state index >= 15 is 0 Å². The number of amides is 1. The van der Waals surface area contributed by atoms with Crippen molar-refractivity contribution in [3.63, 3.8) is 0 Å². The zero-order valence-electron chi connectivity index (χ0n) is 11.9. The molecule has 2 heterocycles. The van der Waals surface area contributed by atoms with E-state index in [1.54, 1.807) is 30.3 Å². The number of nitrogen functional groups attached to an aromatic ring is 1. The van der Waals surface area contributed by atoms with Crippen molar-refractivity contribution in [1.29, 1.82) is 0 Å². The van der Waals surface area contributed by atoms with Crippen LogP contribution in [0.3, 0.4) is 0 Å². The Kier molecular flexibility index (Phi) is 3.48. The molecule has 0 fully saturated rings. The van der Waals surface area contributed by atoms with Gasteiger partial charge in [-0.05, 0) is 48.7 Å². The molecular weight excluding hydrogens is 266 g/mol. The number of rotatable bonds is 2. The number of carbonyl (C=O) groups is 1. The van der Waals surface area contributed by atoms with E-state index in [1.165, 1.54) is 0 Å². The van der Waals surface area contributed by atoms with Crippen molar-refractivity contribution in [3.8, 4) is 5.75 Å². The smallest absolute Gasteiger partial charge is 0.279 e. The SMILES string of the molecule is COc1ccc2c(c1)CCCN2C(=O)c1ncccc1N. The second-order valence-corrected chi connectivity index (χ2v) is 5.00. The van der Waals surface area contributed by atoms with Gasteiger partial charge in [-0.15, -0.1) is 0 Å². The van der Waals surface area contributed by atoms with Gasteiger partial charge in [-0.1, -0.05) is 0 Å². The lowest BCUT2D eigenvalue weighted by molar-refractivity contribution is 0.0981. The molecular formula is C16H17N3O2. The van der Waals surface area contributed by atoms with Crippen LogP contribution in [0.5, 0.6) is 5.75 Å². The third kappa shape index (κ3) is 2.42. The molecule has 0 unspecified atom stereocenters. The van der Waals surface area contributed by atoms with Gasteiger partial charge >= 0.3 is 0 Å². The number of pyridine rings is 1. The van der Waals surface area contributed by atoms with Gasteiger partial charge in [0, 0.05) is 18.4 Å². The summed E-state index contributed by atoms with van der Waals surface area (Å²) in [5.74, 6) is 0.652. The average molecular weight is 283 g/mol. The number of hydrogen-bond donors (Lipinski definition) is 1. The van der Waals surface area contributed by atoms with E-state index in [1.807, 2.05) is 18.2 Å². The van der Waals surface area contributed by atoms with Crippen LogP contribution in [0.2, 0.25) is 0 Å². The molecule has 0 radical (unpaired) electrons. The molecule has 0 saturated heterocycles. The van der Waals surface area contributed by atoms with Gasteiger partial charge in [0.15, 0.2) is 5.69 Å². The van der Waals surface area contributed by atoms with E-state index in [0.717, 1.165) is 29.8 Å². The Morgan fingerprint density at radius 3 is 3.00 bits per heavy atom. The summed E-state index contributed by atoms with van der Waals surface area (Å²) in [6.07, 6.45) is 3.44. The number of fused-ring (bicyclic) bond motifs is 1. The molecule has 2 aromatic rings. The quantitative estimate of drug-likeness (QED) is 0.918. The molecule has 1 aromatic carbocycles. The maximum Gasteiger partial charge on any atom is 0.279 e. The highest BCUT2D eigenvalue weighted by Gasteiger charge is 2.25. The molecule has 2 N–H and O–H groups in total. The van der Waals surface area contributed by atoms with Gasteiger partial charge < -0.3 is 15.4 Å². The van der Waals surface area contributed by atoms with Crippen molar-refractivity contribution >= 4 is 17.3 Å². The highest BCUT2D eigenvalue weighted by atomic mass is 16.5. The first-order valence-electron chi connectivity index (χ1n) is 6.90. The highest BCUT2D eigenvalue weighted by Crippen LogP contribution is 2.31. The zero-order chi connectivity index (χ0) is 14.8. The van der Waals surface area contributed by atoms with Crippen LogP contribution in [-0.4, -0.2) is 24.5 Å². The molecule has 21 heavy (non-hydrogen) atoms. The van der Waals surface area contributed by atoms with Crippen LogP contribution >= 0.6 is 0 Å². The largest absolute Gasteiger partial charge is 0.497 e. The molecule has 1 aliphatic rings. The number of benzene rings is 1. The number of carbonyl (C=O) groups excluding carboxylic acids is 1. The third-order valence-electron chi connectivity index (χ3n) is 3.69. The summed E-state index contributed by atoms with van der Waals surface area (Å²) in [5.41, 5.74) is 8.60. The fraction of sp³-hybridized carbons (Fsp3) is 0.250. The summed E-state index contributed by atoms with van der Waals surface area (Å²) in [6, 6.07) is 9.19. The monoisotopic (exact) mass is 283 g/mol. The topological polar surface area (TPSA) is 68.5 Å². The maximum atomic E-state index is 12.7. The van der Waals surface area contributed by atoms with E-state index in [2.05, 4.69) is 4.98 Å². The van der Waals surface area contributed by atoms with Crippen LogP contribution in [0.1, 0.15) is 22.5 Å². The minimum atomic E-state index is -0.154. The Morgan fingerprint density at radius 2 is 2.24 bits per heavy atom. The van der Waals surface area contributed by atoms with Crippen molar-refractivity contribution in [3.05, 3.63) is 47.8 Å². The molecule has 0 bridgehead atoms. The van der Waals surface area contributed by atoms with Gasteiger partial charge in [-0.3, -0.25) is 4.79 Å². The fourth-order valence-electron chi connectivity index (χ4n) is 2.64. The number of nitrogens with zero attached hydrogens (tertiary/aromatic N) is 2. The molecule has 0 spiro atoms. The molecule has 0 aliphatic carbocycles. The molecule has 5 heteroatoms. The number of aryl methyl sites for hydroxylation is 1. The summed E-state index contributed by atoms with van der Waals surface area (Å²) in [7, 11) is 1.64. The van der Waals surface area contributed by atoms with Crippen LogP contribution in [0, 0.1) is 0 Å². The molecule has 0 atom stereocenters. The second-order valence-electron chi connectivity index (χ2n) is 5.00. The van der Waals surface area contributed by atoms with Crippen LogP contribution in [0.4, 0.5) is 11.4 Å². The minimum Gasteiger partial charge on any atom is -0.497 e. The van der Waals surface area contributed by atoms with Crippen LogP contribution < -0.4 is 15.4 Å². The van der Waals surface area contributed by atoms with E-state index in [-0.39, 0.29) is 5.91 Å². The van der Waals surface area contributed by atoms with Crippen molar-refractivity contribution < 1.29 is 9.53 Å². The summed E-state index contributed by atoms with van der Waals surface area (Å²) in [6.45, 7) is 0.675. The molecule has 108 valence electrons. The normalized spacial score (nSPS) is 13.7. The molecule has 0 saturated carbocycles. The Labute approximate surface area is 123 Å². The third-order valence-corrected chi connectivity index (χ3v) is 3.69. The van der Waals surface area contributed by atoms with Gasteiger partial charge in [0.1, 0.15) is 5.75 Å². The zero-order valence-corrected chi connectivity index (χ0v) is 11.9. The maximum absolute atomic E-state index is 12.7. The fourth-order valence-corrected chi connectivity index (χ4v) is 2.64. The van der Waals surface area contributed by atoms with Crippen LogP contribution in [-0.2, 0) is 6.42 Å². The molecule has 3 rings (SSSR count). The summed E-state index contributed by atoms with van der Waals surface area (Å²) < 4.78 is 5.24. The number of anilines is 2. The van der Waals surface area contributed by atoms with Crippen molar-refractivity contribution in [2.45, 2.75) is 12.8 Å². The summed E-state index contributed by atoms with van der Waals surface area (Å²) >= 11 is 0. The van der Waals surface area contributed by atoms with E-state index in [9.17, 15) is 4.79 Å². The number of ether oxygens (including phenoxy) is 1. The first kappa shape index (κ1) is 13.4. The lowest BCUT2D eigenvalue weighted by atomic mass is 10.0. The number of aromatic nitrogens is 1. The summed E-state index contributed by atoms with van der Waals surface area (Å²) in [5, 5.41) is 0. The van der Waals surface area contributed by atoms with Gasteiger partial charge in [0.2, 0.25) is 0 Å². The lowest BCUT2D eigenvalue weighted by Crippen LogP contribution is -2.36. The molecule has 1 aliphatic heterocycles. The second kappa shape index (κ2) is 5.44. The van der Waals surface area contributed by atoms with E-state index < -0.39 is 0 Å². The Bertz CT molecular complexity index is 685. The van der Waals surface area contributed by atoms with Crippen molar-refractivity contribution in [2.24, 2.45) is 0 Å². The minimum absolute atomic E-state index is 0.154. The van der Waals surface area contributed by atoms with Gasteiger partial charge in [0.25, 0.3) is 5.91 Å². The molecule has 5 nitrogen and oxygen atoms in total. The average Bonchev–Trinajstić information content (AvgIpc) is 2.53. The standard InChI is InChI=1S/C16H17N3O2/c1-21-12-6-7-14-11(10-12)4-3-9-19(14)16(20)15-13(17)5-2-8-18-15/h2,5-8,10H,3-4,9,17H2,1H3. The van der Waals surface area contributed by atoms with Crippen LogP contribution in [0.15, 0.2) is 36.5 Å². The number of methoxy groups -OCH3 is 1. The Morgan fingerprint density at radius 1 is 1.38 bits per heavy atom. The Balaban J connectivity index is 1.99. The first-order valence-corrected chi connectivity index (χ1v) is 6.90. The number of hydrogen-bond acceptors (Lipinski definition) is 4. The van der Waals surface area contributed by atoms with Crippen molar-refractivity contribution in [2.75, 3.05) is 24.3 Å². The predicted molar refractivity (Wildman–Crippen MR) is 81.6 cm³/mol. The van der Waals surface area contributed by atoms with Crippen molar-refractivity contribution in [1.82, 2.24) is 4.98 Å². The molecule has 1 amide bonds. The van der Waals surface area contributed by atoms with Gasteiger partial charge in [-0.2, -0.15) is 0 Å². The summed E-state index contributed by atoms with van der Waals surface area (Å²) in [4.78, 5) is 18.6. The first-order chi connectivity index (χ1) is 10.2. The predicted octanol–water partition coefficient (Wildman–Crippen LogP) is 2.27. The molecule has 1 aromatic heterocycles. The van der Waals surface area contributed by atoms with E-state index in [0.29, 0.717) is 17.9 Å². The van der Waals surface area contributed by atoms with Gasteiger partial charge in [-0.25, -0.2) is 4.98 Å². The van der Waals surface area contributed by atoms with Crippen LogP contribution in [0.25, 0.3) is 0 Å².